The second kappa shape index (κ2) is 5.77. The van der Waals surface area contributed by atoms with Gasteiger partial charge in [-0.15, -0.1) is 0 Å². The molecule has 5 heteroatoms. The van der Waals surface area contributed by atoms with Gasteiger partial charge in [0.1, 0.15) is 10.6 Å². The minimum Gasteiger partial charge on any atom is -0.495 e. The normalized spacial score (nSPS) is 11.2. The number of hydrogen-bond donors (Lipinski definition) is 1. The Bertz CT molecular complexity index is 744. The molecule has 0 aromatic heterocycles. The summed E-state index contributed by atoms with van der Waals surface area (Å²) >= 11 is 0. The molecule has 0 bridgehead atoms. The van der Waals surface area contributed by atoms with Gasteiger partial charge < -0.3 is 4.74 Å². The molecule has 0 saturated heterocycles. The number of sulfonamides is 1. The zero-order valence-corrected chi connectivity index (χ0v) is 13.4. The third-order valence-electron chi connectivity index (χ3n) is 3.27. The summed E-state index contributed by atoms with van der Waals surface area (Å²) in [4.78, 5) is 0.131. The third-order valence-corrected chi connectivity index (χ3v) is 4.66. The number of rotatable bonds is 4. The lowest BCUT2D eigenvalue weighted by molar-refractivity contribution is 0.403. The van der Waals surface area contributed by atoms with Crippen molar-refractivity contribution in [3.05, 3.63) is 53.1 Å². The van der Waals surface area contributed by atoms with Gasteiger partial charge in [-0.3, -0.25) is 4.72 Å². The Morgan fingerprint density at radius 3 is 2.14 bits per heavy atom. The van der Waals surface area contributed by atoms with Crippen LogP contribution in [0.2, 0.25) is 0 Å². The minimum absolute atomic E-state index is 0.131. The van der Waals surface area contributed by atoms with Crippen LogP contribution in [-0.2, 0) is 10.0 Å². The number of para-hydroxylation sites is 1. The smallest absolute Gasteiger partial charge is 0.265 e. The maximum absolute atomic E-state index is 12.6. The van der Waals surface area contributed by atoms with Crippen LogP contribution >= 0.6 is 0 Å². The van der Waals surface area contributed by atoms with Crippen LogP contribution in [-0.4, -0.2) is 15.5 Å². The van der Waals surface area contributed by atoms with Gasteiger partial charge in [0.05, 0.1) is 12.8 Å². The molecular weight excluding hydrogens is 286 g/mol. The van der Waals surface area contributed by atoms with Gasteiger partial charge in [0.2, 0.25) is 0 Å². The Labute approximate surface area is 125 Å². The molecule has 2 rings (SSSR count). The highest BCUT2D eigenvalue weighted by Crippen LogP contribution is 2.28. The van der Waals surface area contributed by atoms with Crippen LogP contribution in [0.15, 0.2) is 41.3 Å². The lowest BCUT2D eigenvalue weighted by Gasteiger charge is -2.15. The molecule has 0 amide bonds. The average molecular weight is 305 g/mol. The van der Waals surface area contributed by atoms with E-state index in [9.17, 15) is 8.42 Å². The SMILES string of the molecule is COc1ccccc1S(=O)(=O)Nc1c(C)cc(C)cc1C. The summed E-state index contributed by atoms with van der Waals surface area (Å²) < 4.78 is 33.0. The Morgan fingerprint density at radius 1 is 1.00 bits per heavy atom. The summed E-state index contributed by atoms with van der Waals surface area (Å²) in [5.41, 5.74) is 3.51. The van der Waals surface area contributed by atoms with Crippen molar-refractivity contribution in [2.75, 3.05) is 11.8 Å². The topological polar surface area (TPSA) is 55.4 Å². The predicted octanol–water partition coefficient (Wildman–Crippen LogP) is 3.42. The first kappa shape index (κ1) is 15.4. The molecule has 0 fully saturated rings. The Kier molecular flexibility index (Phi) is 4.23. The molecule has 0 radical (unpaired) electrons. The van der Waals surface area contributed by atoms with Crippen molar-refractivity contribution in [2.45, 2.75) is 25.7 Å². The molecule has 1 N–H and O–H groups in total. The van der Waals surface area contributed by atoms with Gasteiger partial charge in [-0.25, -0.2) is 8.42 Å². The molecule has 4 nitrogen and oxygen atoms in total. The number of hydrogen-bond acceptors (Lipinski definition) is 3. The van der Waals surface area contributed by atoms with Crippen LogP contribution in [0.1, 0.15) is 16.7 Å². The molecule has 2 aromatic rings. The van der Waals surface area contributed by atoms with Crippen LogP contribution in [0, 0.1) is 20.8 Å². The maximum Gasteiger partial charge on any atom is 0.265 e. The molecule has 2 aromatic carbocycles. The van der Waals surface area contributed by atoms with E-state index in [2.05, 4.69) is 4.72 Å². The predicted molar refractivity (Wildman–Crippen MR) is 84.5 cm³/mol. The van der Waals surface area contributed by atoms with E-state index in [0.717, 1.165) is 16.7 Å². The van der Waals surface area contributed by atoms with Gasteiger partial charge in [0, 0.05) is 0 Å². The number of methoxy groups -OCH3 is 1. The molecule has 112 valence electrons. The summed E-state index contributed by atoms with van der Waals surface area (Å²) in [6, 6.07) is 10.5. The highest BCUT2D eigenvalue weighted by Gasteiger charge is 2.20. The standard InChI is InChI=1S/C16H19NO3S/c1-11-9-12(2)16(13(3)10-11)17-21(18,19)15-8-6-5-7-14(15)20-4/h5-10,17H,1-4H3. The van der Waals surface area contributed by atoms with Crippen molar-refractivity contribution in [1.82, 2.24) is 0 Å². The van der Waals surface area contributed by atoms with E-state index in [1.165, 1.54) is 13.2 Å². The zero-order chi connectivity index (χ0) is 15.6. The largest absolute Gasteiger partial charge is 0.495 e. The second-order valence-corrected chi connectivity index (χ2v) is 6.68. The van der Waals surface area contributed by atoms with Crippen LogP contribution < -0.4 is 9.46 Å². The fourth-order valence-corrected chi connectivity index (χ4v) is 3.75. The number of nitrogens with one attached hydrogen (secondary N) is 1. The maximum atomic E-state index is 12.6. The Morgan fingerprint density at radius 2 is 1.57 bits per heavy atom. The highest BCUT2D eigenvalue weighted by molar-refractivity contribution is 7.92. The van der Waals surface area contributed by atoms with Crippen molar-refractivity contribution in [3.8, 4) is 5.75 Å². The summed E-state index contributed by atoms with van der Waals surface area (Å²) in [6.07, 6.45) is 0. The first-order valence-corrected chi connectivity index (χ1v) is 8.07. The molecule has 0 saturated carbocycles. The van der Waals surface area contributed by atoms with Gasteiger partial charge in [0.15, 0.2) is 0 Å². The van der Waals surface area contributed by atoms with Gasteiger partial charge in [-0.1, -0.05) is 29.8 Å². The lowest BCUT2D eigenvalue weighted by atomic mass is 10.1. The Balaban J connectivity index is 2.48. The van der Waals surface area contributed by atoms with Gasteiger partial charge in [-0.2, -0.15) is 0 Å². The van der Waals surface area contributed by atoms with Crippen molar-refractivity contribution in [1.29, 1.82) is 0 Å². The average Bonchev–Trinajstić information content (AvgIpc) is 2.43. The monoisotopic (exact) mass is 305 g/mol. The van der Waals surface area contributed by atoms with Crippen molar-refractivity contribution < 1.29 is 13.2 Å². The number of benzene rings is 2. The molecule has 21 heavy (non-hydrogen) atoms. The van der Waals surface area contributed by atoms with Crippen LogP contribution in [0.4, 0.5) is 5.69 Å². The van der Waals surface area contributed by atoms with E-state index in [1.54, 1.807) is 18.2 Å². The molecular formula is C16H19NO3S. The number of aryl methyl sites for hydroxylation is 3. The molecule has 0 aliphatic rings. The van der Waals surface area contributed by atoms with Crippen LogP contribution in [0.3, 0.4) is 0 Å². The highest BCUT2D eigenvalue weighted by atomic mass is 32.2. The summed E-state index contributed by atoms with van der Waals surface area (Å²) in [5.74, 6) is 0.326. The van der Waals surface area contributed by atoms with E-state index in [1.807, 2.05) is 32.9 Å². The van der Waals surface area contributed by atoms with Crippen LogP contribution in [0.25, 0.3) is 0 Å². The van der Waals surface area contributed by atoms with Crippen molar-refractivity contribution in [2.24, 2.45) is 0 Å². The number of anilines is 1. The van der Waals surface area contributed by atoms with E-state index < -0.39 is 10.0 Å². The minimum atomic E-state index is -3.69. The molecule has 0 atom stereocenters. The van der Waals surface area contributed by atoms with E-state index in [4.69, 9.17) is 4.74 Å². The molecule has 0 unspecified atom stereocenters. The fraction of sp³-hybridized carbons (Fsp3) is 0.250. The van der Waals surface area contributed by atoms with Crippen LogP contribution in [0.5, 0.6) is 5.75 Å². The van der Waals surface area contributed by atoms with Gasteiger partial charge in [0.25, 0.3) is 10.0 Å². The van der Waals surface area contributed by atoms with Crippen molar-refractivity contribution in [3.63, 3.8) is 0 Å². The van der Waals surface area contributed by atoms with E-state index >= 15 is 0 Å². The Hall–Kier alpha value is -2.01. The third kappa shape index (κ3) is 3.19. The first-order valence-electron chi connectivity index (χ1n) is 6.59. The summed E-state index contributed by atoms with van der Waals surface area (Å²) in [7, 11) is -2.23. The van der Waals surface area contributed by atoms with Crippen molar-refractivity contribution >= 4 is 15.7 Å². The first-order chi connectivity index (χ1) is 9.85. The number of ether oxygens (including phenoxy) is 1. The van der Waals surface area contributed by atoms with Gasteiger partial charge >= 0.3 is 0 Å². The lowest BCUT2D eigenvalue weighted by Crippen LogP contribution is -2.15. The molecule has 0 spiro atoms. The fourth-order valence-electron chi connectivity index (χ4n) is 2.37. The van der Waals surface area contributed by atoms with E-state index in [0.29, 0.717) is 11.4 Å². The summed E-state index contributed by atoms with van der Waals surface area (Å²) in [6.45, 7) is 5.76. The molecule has 0 aliphatic carbocycles. The molecule has 0 aliphatic heterocycles. The van der Waals surface area contributed by atoms with E-state index in [-0.39, 0.29) is 4.90 Å². The molecule has 0 heterocycles. The summed E-state index contributed by atoms with van der Waals surface area (Å²) in [5, 5.41) is 0. The quantitative estimate of drug-likeness (QED) is 0.941. The zero-order valence-electron chi connectivity index (χ0n) is 12.6. The van der Waals surface area contributed by atoms with Gasteiger partial charge in [-0.05, 0) is 44.0 Å². The second-order valence-electron chi connectivity index (χ2n) is 5.03.